The van der Waals surface area contributed by atoms with Gasteiger partial charge in [0.05, 0.1) is 21.0 Å². The highest BCUT2D eigenvalue weighted by atomic mass is 32.2. The molecule has 1 aromatic carbocycles. The number of hydrogen-bond acceptors (Lipinski definition) is 8. The Hall–Kier alpha value is -2.00. The minimum atomic E-state index is 0.647. The quantitative estimate of drug-likeness (QED) is 0.331. The Morgan fingerprint density at radius 2 is 2.04 bits per heavy atom. The molecule has 0 atom stereocenters. The first-order valence-corrected chi connectivity index (χ1v) is 11.1. The molecule has 5 nitrogen and oxygen atoms in total. The highest BCUT2D eigenvalue weighted by Gasteiger charge is 2.19. The van der Waals surface area contributed by atoms with Crippen molar-refractivity contribution in [1.29, 1.82) is 0 Å². The zero-order chi connectivity index (χ0) is 18.6. The SMILES string of the molecule is COCCCSc1sc2nc(-c3nccs3)nc(-c3ccccc3)c2c1N. The molecule has 0 radical (unpaired) electrons. The van der Waals surface area contributed by atoms with E-state index in [1.807, 2.05) is 23.6 Å². The summed E-state index contributed by atoms with van der Waals surface area (Å²) in [4.78, 5) is 14.9. The van der Waals surface area contributed by atoms with Gasteiger partial charge in [-0.1, -0.05) is 30.3 Å². The van der Waals surface area contributed by atoms with Gasteiger partial charge in [-0.25, -0.2) is 15.0 Å². The second-order valence-corrected chi connectivity index (χ2v) is 9.03. The number of nitrogens with two attached hydrogens (primary N) is 1. The molecule has 0 saturated carbocycles. The molecule has 0 amide bonds. The molecule has 27 heavy (non-hydrogen) atoms. The number of thiazole rings is 1. The van der Waals surface area contributed by atoms with Crippen molar-refractivity contribution in [2.45, 2.75) is 10.6 Å². The average molecular weight is 415 g/mol. The molecule has 3 heterocycles. The van der Waals surface area contributed by atoms with E-state index in [1.54, 1.807) is 36.4 Å². The van der Waals surface area contributed by atoms with Gasteiger partial charge in [0, 0.05) is 36.6 Å². The van der Waals surface area contributed by atoms with E-state index in [2.05, 4.69) is 17.1 Å². The number of fused-ring (bicyclic) bond motifs is 1. The third kappa shape index (κ3) is 3.84. The Morgan fingerprint density at radius 1 is 1.19 bits per heavy atom. The van der Waals surface area contributed by atoms with E-state index in [1.165, 1.54) is 11.3 Å². The summed E-state index contributed by atoms with van der Waals surface area (Å²) in [5.74, 6) is 1.60. The van der Waals surface area contributed by atoms with Crippen LogP contribution in [-0.4, -0.2) is 34.4 Å². The van der Waals surface area contributed by atoms with Crippen LogP contribution in [-0.2, 0) is 4.74 Å². The summed E-state index contributed by atoms with van der Waals surface area (Å²) in [6, 6.07) is 10.1. The highest BCUT2D eigenvalue weighted by molar-refractivity contribution is 8.01. The molecule has 8 heteroatoms. The number of ether oxygens (including phenoxy) is 1. The molecule has 0 saturated heterocycles. The number of nitrogen functional groups attached to an aromatic ring is 1. The summed E-state index contributed by atoms with van der Waals surface area (Å²) in [6.45, 7) is 0.751. The zero-order valence-electron chi connectivity index (χ0n) is 14.7. The first-order valence-electron chi connectivity index (χ1n) is 8.45. The normalized spacial score (nSPS) is 11.3. The van der Waals surface area contributed by atoms with Crippen LogP contribution in [0.3, 0.4) is 0 Å². The van der Waals surface area contributed by atoms with Gasteiger partial charge in [-0.05, 0) is 6.42 Å². The Kier molecular flexibility index (Phi) is 5.68. The molecule has 3 aromatic heterocycles. The van der Waals surface area contributed by atoms with Gasteiger partial charge in [-0.2, -0.15) is 0 Å². The molecule has 0 unspecified atom stereocenters. The lowest BCUT2D eigenvalue weighted by atomic mass is 10.1. The fraction of sp³-hybridized carbons (Fsp3) is 0.211. The highest BCUT2D eigenvalue weighted by Crippen LogP contribution is 2.44. The van der Waals surface area contributed by atoms with Crippen LogP contribution in [0, 0.1) is 0 Å². The lowest BCUT2D eigenvalue weighted by molar-refractivity contribution is 0.200. The number of rotatable bonds is 7. The summed E-state index contributed by atoms with van der Waals surface area (Å²) in [7, 11) is 1.72. The van der Waals surface area contributed by atoms with Crippen molar-refractivity contribution < 1.29 is 4.74 Å². The molecule has 0 bridgehead atoms. The molecule has 0 spiro atoms. The van der Waals surface area contributed by atoms with Gasteiger partial charge in [-0.15, -0.1) is 34.4 Å². The lowest BCUT2D eigenvalue weighted by Crippen LogP contribution is -1.95. The van der Waals surface area contributed by atoms with Crippen LogP contribution < -0.4 is 5.73 Å². The molecular weight excluding hydrogens is 396 g/mol. The third-order valence-corrected chi connectivity index (χ3v) is 7.19. The van der Waals surface area contributed by atoms with Crippen molar-refractivity contribution in [2.75, 3.05) is 25.2 Å². The summed E-state index contributed by atoms with van der Waals surface area (Å²) < 4.78 is 6.22. The Bertz CT molecular complexity index is 1030. The minimum absolute atomic E-state index is 0.647. The van der Waals surface area contributed by atoms with E-state index in [0.29, 0.717) is 5.82 Å². The standard InChI is InChI=1S/C19H18N4OS3/c1-24-9-5-10-26-19-14(20)13-15(12-6-3-2-4-7-12)22-16(23-17(13)27-19)18-21-8-11-25-18/h2-4,6-8,11H,5,9-10,20H2,1H3. The van der Waals surface area contributed by atoms with Crippen molar-refractivity contribution in [3.05, 3.63) is 41.9 Å². The number of aromatic nitrogens is 3. The third-order valence-electron chi connectivity index (χ3n) is 3.95. The van der Waals surface area contributed by atoms with Crippen molar-refractivity contribution in [3.63, 3.8) is 0 Å². The van der Waals surface area contributed by atoms with E-state index in [0.717, 1.165) is 55.2 Å². The van der Waals surface area contributed by atoms with Gasteiger partial charge in [0.15, 0.2) is 10.8 Å². The van der Waals surface area contributed by atoms with E-state index < -0.39 is 0 Å². The van der Waals surface area contributed by atoms with E-state index in [-0.39, 0.29) is 0 Å². The smallest absolute Gasteiger partial charge is 0.190 e. The average Bonchev–Trinajstić information content (AvgIpc) is 3.34. The number of nitrogens with zero attached hydrogens (tertiary/aromatic N) is 3. The Balaban J connectivity index is 1.83. The Morgan fingerprint density at radius 3 is 2.78 bits per heavy atom. The molecule has 0 aliphatic rings. The zero-order valence-corrected chi connectivity index (χ0v) is 17.2. The maximum absolute atomic E-state index is 6.53. The largest absolute Gasteiger partial charge is 0.397 e. The van der Waals surface area contributed by atoms with Crippen molar-refractivity contribution in [3.8, 4) is 22.1 Å². The maximum atomic E-state index is 6.53. The number of methoxy groups -OCH3 is 1. The van der Waals surface area contributed by atoms with Crippen LogP contribution in [0.4, 0.5) is 5.69 Å². The number of thioether (sulfide) groups is 1. The second-order valence-electron chi connectivity index (χ2n) is 5.78. The summed E-state index contributed by atoms with van der Waals surface area (Å²) in [5.41, 5.74) is 9.19. The molecule has 4 rings (SSSR count). The van der Waals surface area contributed by atoms with Gasteiger partial charge in [0.25, 0.3) is 0 Å². The Labute approximate surface area is 169 Å². The van der Waals surface area contributed by atoms with Crippen molar-refractivity contribution in [2.24, 2.45) is 0 Å². The van der Waals surface area contributed by atoms with E-state index >= 15 is 0 Å². The van der Waals surface area contributed by atoms with Crippen LogP contribution in [0.2, 0.25) is 0 Å². The second kappa shape index (κ2) is 8.35. The summed E-state index contributed by atoms with van der Waals surface area (Å²) in [5, 5.41) is 3.68. The van der Waals surface area contributed by atoms with Gasteiger partial charge in [0.1, 0.15) is 4.83 Å². The van der Waals surface area contributed by atoms with Crippen LogP contribution in [0.15, 0.2) is 46.1 Å². The number of hydrogen-bond donors (Lipinski definition) is 1. The monoisotopic (exact) mass is 414 g/mol. The van der Waals surface area contributed by atoms with Crippen LogP contribution >= 0.6 is 34.4 Å². The first-order chi connectivity index (χ1) is 13.3. The van der Waals surface area contributed by atoms with Gasteiger partial charge in [-0.3, -0.25) is 0 Å². The molecule has 2 N–H and O–H groups in total. The van der Waals surface area contributed by atoms with Crippen molar-refractivity contribution in [1.82, 2.24) is 15.0 Å². The molecule has 0 aliphatic heterocycles. The molecule has 0 fully saturated rings. The van der Waals surface area contributed by atoms with Gasteiger partial charge < -0.3 is 10.5 Å². The molecule has 4 aromatic rings. The summed E-state index contributed by atoms with van der Waals surface area (Å²) in [6.07, 6.45) is 2.76. The fourth-order valence-electron chi connectivity index (χ4n) is 2.71. The molecular formula is C19H18N4OS3. The van der Waals surface area contributed by atoms with E-state index in [4.69, 9.17) is 20.4 Å². The first kappa shape index (κ1) is 18.4. The number of anilines is 1. The van der Waals surface area contributed by atoms with Gasteiger partial charge in [0.2, 0.25) is 0 Å². The molecule has 0 aliphatic carbocycles. The predicted octanol–water partition coefficient (Wildman–Crippen LogP) is 5.19. The molecule has 138 valence electrons. The fourth-order valence-corrected chi connectivity index (χ4v) is 5.54. The van der Waals surface area contributed by atoms with Crippen LogP contribution in [0.5, 0.6) is 0 Å². The number of benzene rings is 1. The van der Waals surface area contributed by atoms with Crippen LogP contribution in [0.25, 0.3) is 32.3 Å². The summed E-state index contributed by atoms with van der Waals surface area (Å²) >= 11 is 4.91. The maximum Gasteiger partial charge on any atom is 0.190 e. The minimum Gasteiger partial charge on any atom is -0.397 e. The van der Waals surface area contributed by atoms with Crippen molar-refractivity contribution >= 4 is 50.3 Å². The van der Waals surface area contributed by atoms with Crippen LogP contribution in [0.1, 0.15) is 6.42 Å². The van der Waals surface area contributed by atoms with Gasteiger partial charge >= 0.3 is 0 Å². The number of thiophene rings is 1. The van der Waals surface area contributed by atoms with E-state index in [9.17, 15) is 0 Å². The predicted molar refractivity (Wildman–Crippen MR) is 116 cm³/mol. The topological polar surface area (TPSA) is 73.9 Å². The lowest BCUT2D eigenvalue weighted by Gasteiger charge is -2.06.